The van der Waals surface area contributed by atoms with Gasteiger partial charge in [0.1, 0.15) is 0 Å². The van der Waals surface area contributed by atoms with Crippen molar-refractivity contribution in [2.75, 3.05) is 26.9 Å². The second-order valence-electron chi connectivity index (χ2n) is 3.57. The predicted octanol–water partition coefficient (Wildman–Crippen LogP) is 0.527. The zero-order valence-corrected chi connectivity index (χ0v) is 7.81. The van der Waals surface area contributed by atoms with Gasteiger partial charge in [0.05, 0.1) is 13.2 Å². The Labute approximate surface area is 74.1 Å². The molecule has 0 aliphatic heterocycles. The monoisotopic (exact) mass is 173 g/mol. The summed E-state index contributed by atoms with van der Waals surface area (Å²) in [6.45, 7) is 1.83. The lowest BCUT2D eigenvalue weighted by atomic mass is 9.99. The van der Waals surface area contributed by atoms with Crippen LogP contribution in [0.4, 0.5) is 0 Å². The second-order valence-corrected chi connectivity index (χ2v) is 3.57. The Bertz CT molecular complexity index is 122. The van der Waals surface area contributed by atoms with E-state index >= 15 is 0 Å². The summed E-state index contributed by atoms with van der Waals surface area (Å²) in [5.74, 6) is 0. The maximum absolute atomic E-state index is 9.21. The number of nitrogens with one attached hydrogen (secondary N) is 1. The van der Waals surface area contributed by atoms with E-state index < -0.39 is 0 Å². The van der Waals surface area contributed by atoms with Gasteiger partial charge in [0.25, 0.3) is 0 Å². The van der Waals surface area contributed by atoms with Gasteiger partial charge in [0.2, 0.25) is 0 Å². The van der Waals surface area contributed by atoms with Crippen LogP contribution in [-0.2, 0) is 4.74 Å². The Morgan fingerprint density at radius 2 is 2.08 bits per heavy atom. The Kier molecular flexibility index (Phi) is 3.98. The van der Waals surface area contributed by atoms with Gasteiger partial charge in [0, 0.05) is 19.2 Å². The van der Waals surface area contributed by atoms with Crippen molar-refractivity contribution in [3.8, 4) is 0 Å². The fraction of sp³-hybridized carbons (Fsp3) is 1.00. The Hall–Kier alpha value is -0.120. The molecular formula is C9H19NO2. The molecule has 0 aromatic carbocycles. The molecule has 0 aromatic heterocycles. The van der Waals surface area contributed by atoms with E-state index in [-0.39, 0.29) is 12.1 Å². The van der Waals surface area contributed by atoms with Crippen molar-refractivity contribution in [3.05, 3.63) is 0 Å². The standard InChI is InChI=1S/C9H19NO2/c1-12-7-6-10-9(8-11)4-2-3-5-9/h10-11H,2-8H2,1H3. The lowest BCUT2D eigenvalue weighted by Crippen LogP contribution is -2.47. The van der Waals surface area contributed by atoms with E-state index in [2.05, 4.69) is 5.32 Å². The van der Waals surface area contributed by atoms with Crippen molar-refractivity contribution in [1.82, 2.24) is 5.32 Å². The Morgan fingerprint density at radius 3 is 2.58 bits per heavy atom. The zero-order chi connectivity index (χ0) is 8.86. The first-order valence-corrected chi connectivity index (χ1v) is 4.68. The average molecular weight is 173 g/mol. The fourth-order valence-corrected chi connectivity index (χ4v) is 1.86. The first-order chi connectivity index (χ1) is 5.83. The number of aliphatic hydroxyl groups is 1. The van der Waals surface area contributed by atoms with Gasteiger partial charge in [-0.1, -0.05) is 12.8 Å². The molecule has 1 aliphatic rings. The third kappa shape index (κ3) is 2.44. The van der Waals surface area contributed by atoms with Crippen molar-refractivity contribution in [3.63, 3.8) is 0 Å². The smallest absolute Gasteiger partial charge is 0.0613 e. The lowest BCUT2D eigenvalue weighted by Gasteiger charge is -2.27. The highest BCUT2D eigenvalue weighted by Gasteiger charge is 2.31. The minimum atomic E-state index is 0.0124. The number of methoxy groups -OCH3 is 1. The van der Waals surface area contributed by atoms with Crippen LogP contribution in [0.3, 0.4) is 0 Å². The number of hydrogen-bond acceptors (Lipinski definition) is 3. The molecule has 72 valence electrons. The first kappa shape index (κ1) is 9.96. The summed E-state index contributed by atoms with van der Waals surface area (Å²) in [6, 6.07) is 0. The molecule has 1 fully saturated rings. The number of rotatable bonds is 5. The summed E-state index contributed by atoms with van der Waals surface area (Å²) < 4.78 is 4.95. The van der Waals surface area contributed by atoms with Crippen LogP contribution in [0.5, 0.6) is 0 Å². The Balaban J connectivity index is 2.24. The van der Waals surface area contributed by atoms with Gasteiger partial charge in [-0.25, -0.2) is 0 Å². The van der Waals surface area contributed by atoms with Crippen molar-refractivity contribution in [2.24, 2.45) is 0 Å². The largest absolute Gasteiger partial charge is 0.394 e. The molecule has 12 heavy (non-hydrogen) atoms. The maximum Gasteiger partial charge on any atom is 0.0613 e. The van der Waals surface area contributed by atoms with Crippen LogP contribution in [0, 0.1) is 0 Å². The number of aliphatic hydroxyl groups excluding tert-OH is 1. The topological polar surface area (TPSA) is 41.5 Å². The predicted molar refractivity (Wildman–Crippen MR) is 48.2 cm³/mol. The van der Waals surface area contributed by atoms with Gasteiger partial charge in [-0.05, 0) is 12.8 Å². The van der Waals surface area contributed by atoms with Gasteiger partial charge in [-0.3, -0.25) is 0 Å². The molecule has 0 aromatic rings. The van der Waals surface area contributed by atoms with Crippen molar-refractivity contribution >= 4 is 0 Å². The van der Waals surface area contributed by atoms with Crippen LogP contribution < -0.4 is 5.32 Å². The molecule has 1 saturated carbocycles. The molecule has 0 unspecified atom stereocenters. The van der Waals surface area contributed by atoms with E-state index in [9.17, 15) is 5.11 Å². The quantitative estimate of drug-likeness (QED) is 0.596. The SMILES string of the molecule is COCCNC1(CO)CCCC1. The van der Waals surface area contributed by atoms with Crippen LogP contribution in [-0.4, -0.2) is 37.5 Å². The fourth-order valence-electron chi connectivity index (χ4n) is 1.86. The van der Waals surface area contributed by atoms with Gasteiger partial charge in [-0.2, -0.15) is 0 Å². The summed E-state index contributed by atoms with van der Waals surface area (Å²) >= 11 is 0. The van der Waals surface area contributed by atoms with Gasteiger partial charge >= 0.3 is 0 Å². The summed E-state index contributed by atoms with van der Waals surface area (Å²) in [6.07, 6.45) is 4.68. The molecule has 1 aliphatic carbocycles. The molecule has 0 amide bonds. The molecule has 0 atom stereocenters. The highest BCUT2D eigenvalue weighted by atomic mass is 16.5. The van der Waals surface area contributed by atoms with Gasteiger partial charge < -0.3 is 15.2 Å². The summed E-state index contributed by atoms with van der Waals surface area (Å²) in [5.41, 5.74) is 0.0124. The van der Waals surface area contributed by atoms with Gasteiger partial charge in [0.15, 0.2) is 0 Å². The summed E-state index contributed by atoms with van der Waals surface area (Å²) in [4.78, 5) is 0. The average Bonchev–Trinajstić information content (AvgIpc) is 2.55. The van der Waals surface area contributed by atoms with Crippen LogP contribution in [0.2, 0.25) is 0 Å². The molecule has 2 N–H and O–H groups in total. The third-order valence-electron chi connectivity index (χ3n) is 2.67. The van der Waals surface area contributed by atoms with E-state index in [1.54, 1.807) is 7.11 Å². The summed E-state index contributed by atoms with van der Waals surface area (Å²) in [7, 11) is 1.70. The van der Waals surface area contributed by atoms with E-state index in [1.807, 2.05) is 0 Å². The minimum Gasteiger partial charge on any atom is -0.394 e. The molecule has 0 bridgehead atoms. The molecule has 0 radical (unpaired) electrons. The molecule has 3 nitrogen and oxygen atoms in total. The second kappa shape index (κ2) is 4.80. The molecule has 0 heterocycles. The molecule has 1 rings (SSSR count). The summed E-state index contributed by atoms with van der Waals surface area (Å²) in [5, 5.41) is 12.6. The third-order valence-corrected chi connectivity index (χ3v) is 2.67. The highest BCUT2D eigenvalue weighted by molar-refractivity contribution is 4.91. The minimum absolute atomic E-state index is 0.0124. The van der Waals surface area contributed by atoms with E-state index in [4.69, 9.17) is 4.74 Å². The van der Waals surface area contributed by atoms with Crippen molar-refractivity contribution in [2.45, 2.75) is 31.2 Å². The number of ether oxygens (including phenoxy) is 1. The Morgan fingerprint density at radius 1 is 1.42 bits per heavy atom. The number of hydrogen-bond donors (Lipinski definition) is 2. The van der Waals surface area contributed by atoms with Crippen LogP contribution in [0.1, 0.15) is 25.7 Å². The van der Waals surface area contributed by atoms with Crippen LogP contribution >= 0.6 is 0 Å². The van der Waals surface area contributed by atoms with Crippen LogP contribution in [0.25, 0.3) is 0 Å². The molecule has 0 spiro atoms. The molecular weight excluding hydrogens is 154 g/mol. The zero-order valence-electron chi connectivity index (χ0n) is 7.81. The first-order valence-electron chi connectivity index (χ1n) is 4.68. The highest BCUT2D eigenvalue weighted by Crippen LogP contribution is 2.28. The van der Waals surface area contributed by atoms with Crippen LogP contribution in [0.15, 0.2) is 0 Å². The molecule has 3 heteroatoms. The normalized spacial score (nSPS) is 21.5. The van der Waals surface area contributed by atoms with E-state index in [0.717, 1.165) is 26.0 Å². The molecule has 0 saturated heterocycles. The van der Waals surface area contributed by atoms with E-state index in [0.29, 0.717) is 0 Å². The maximum atomic E-state index is 9.21. The van der Waals surface area contributed by atoms with Crippen molar-refractivity contribution < 1.29 is 9.84 Å². The van der Waals surface area contributed by atoms with E-state index in [1.165, 1.54) is 12.8 Å². The van der Waals surface area contributed by atoms with Crippen molar-refractivity contribution in [1.29, 1.82) is 0 Å². The van der Waals surface area contributed by atoms with Gasteiger partial charge in [-0.15, -0.1) is 0 Å². The lowest BCUT2D eigenvalue weighted by molar-refractivity contribution is 0.141.